The van der Waals surface area contributed by atoms with Crippen LogP contribution in [0.2, 0.25) is 0 Å². The number of halogens is 5. The number of ether oxygens (including phenoxy) is 3. The van der Waals surface area contributed by atoms with Crippen molar-refractivity contribution in [1.29, 1.82) is 0 Å². The molecule has 0 bridgehead atoms. The Labute approximate surface area is 145 Å². The Morgan fingerprint density at radius 3 is 2.23 bits per heavy atom. The second kappa shape index (κ2) is 8.24. The van der Waals surface area contributed by atoms with Crippen LogP contribution in [0.5, 0.6) is 5.75 Å². The van der Waals surface area contributed by atoms with Crippen LogP contribution in [0.4, 0.5) is 22.0 Å². The summed E-state index contributed by atoms with van der Waals surface area (Å²) in [5, 5.41) is 0. The molecule has 0 saturated heterocycles. The lowest BCUT2D eigenvalue weighted by Crippen LogP contribution is -2.24. The minimum absolute atomic E-state index is 0.0281. The normalized spacial score (nSPS) is 12.3. The van der Waals surface area contributed by atoms with Gasteiger partial charge < -0.3 is 14.2 Å². The Morgan fingerprint density at radius 1 is 0.962 bits per heavy atom. The van der Waals surface area contributed by atoms with E-state index in [9.17, 15) is 26.7 Å². The van der Waals surface area contributed by atoms with Gasteiger partial charge in [0.05, 0.1) is 5.56 Å². The van der Waals surface area contributed by atoms with Crippen molar-refractivity contribution in [1.82, 2.24) is 0 Å². The number of rotatable bonds is 7. The molecule has 140 valence electrons. The Morgan fingerprint density at radius 2 is 1.62 bits per heavy atom. The van der Waals surface area contributed by atoms with E-state index >= 15 is 0 Å². The molecule has 4 nitrogen and oxygen atoms in total. The van der Waals surface area contributed by atoms with Crippen molar-refractivity contribution in [2.75, 3.05) is 14.2 Å². The highest BCUT2D eigenvalue weighted by atomic mass is 19.2. The van der Waals surface area contributed by atoms with Crippen LogP contribution in [-0.2, 0) is 9.47 Å². The number of alkyl halides is 1. The van der Waals surface area contributed by atoms with Gasteiger partial charge in [0.15, 0.2) is 23.3 Å². The molecule has 1 atom stereocenters. The molecule has 26 heavy (non-hydrogen) atoms. The zero-order chi connectivity index (χ0) is 19.4. The Bertz CT molecular complexity index is 808. The monoisotopic (exact) mass is 376 g/mol. The van der Waals surface area contributed by atoms with Crippen molar-refractivity contribution in [3.8, 4) is 5.75 Å². The summed E-state index contributed by atoms with van der Waals surface area (Å²) in [5.41, 5.74) is -1.13. The van der Waals surface area contributed by atoms with Gasteiger partial charge in [0.25, 0.3) is 6.36 Å². The average Bonchev–Trinajstić information content (AvgIpc) is 2.64. The van der Waals surface area contributed by atoms with Crippen LogP contribution in [0.25, 0.3) is 0 Å². The molecule has 2 aromatic carbocycles. The lowest BCUT2D eigenvalue weighted by molar-refractivity contribution is -0.0742. The van der Waals surface area contributed by atoms with E-state index in [1.54, 1.807) is 0 Å². The third-order valence-corrected chi connectivity index (χ3v) is 3.38. The third kappa shape index (κ3) is 4.00. The van der Waals surface area contributed by atoms with E-state index in [1.165, 1.54) is 32.4 Å². The van der Waals surface area contributed by atoms with Gasteiger partial charge in [-0.3, -0.25) is 4.79 Å². The molecule has 0 radical (unpaired) electrons. The van der Waals surface area contributed by atoms with Gasteiger partial charge in [-0.25, -0.2) is 17.6 Å². The number of hydrogen-bond acceptors (Lipinski definition) is 4. The maximum absolute atomic E-state index is 14.1. The first-order valence-electron chi connectivity index (χ1n) is 7.13. The predicted molar refractivity (Wildman–Crippen MR) is 79.3 cm³/mol. The fourth-order valence-electron chi connectivity index (χ4n) is 2.11. The van der Waals surface area contributed by atoms with Gasteiger partial charge in [-0.1, -0.05) is 12.1 Å². The number of carbonyl (C=O) groups is 1. The fourth-order valence-corrected chi connectivity index (χ4v) is 2.11. The molecule has 0 heterocycles. The summed E-state index contributed by atoms with van der Waals surface area (Å²) in [4.78, 5) is 12.1. The molecule has 0 saturated carbocycles. The van der Waals surface area contributed by atoms with Gasteiger partial charge in [0.1, 0.15) is 5.75 Å². The molecular formula is C17H13F5O4. The van der Waals surface area contributed by atoms with Crippen LogP contribution in [0.3, 0.4) is 0 Å². The van der Waals surface area contributed by atoms with Crippen LogP contribution in [0.1, 0.15) is 22.3 Å². The SMILES string of the molecule is COC(OC)C(=O)c1cccc(OC(F)c2cc(F)c(F)c(F)c2F)c1. The summed E-state index contributed by atoms with van der Waals surface area (Å²) in [5.74, 6) is -8.73. The van der Waals surface area contributed by atoms with Crippen molar-refractivity contribution in [2.24, 2.45) is 0 Å². The van der Waals surface area contributed by atoms with Crippen molar-refractivity contribution in [3.63, 3.8) is 0 Å². The van der Waals surface area contributed by atoms with Crippen LogP contribution in [0, 0.1) is 23.3 Å². The molecule has 0 amide bonds. The van der Waals surface area contributed by atoms with Gasteiger partial charge in [0.2, 0.25) is 12.1 Å². The lowest BCUT2D eigenvalue weighted by Gasteiger charge is -2.15. The van der Waals surface area contributed by atoms with E-state index in [2.05, 4.69) is 0 Å². The van der Waals surface area contributed by atoms with Gasteiger partial charge in [-0.15, -0.1) is 0 Å². The van der Waals surface area contributed by atoms with Gasteiger partial charge >= 0.3 is 0 Å². The molecular weight excluding hydrogens is 363 g/mol. The maximum Gasteiger partial charge on any atom is 0.267 e. The molecule has 2 aromatic rings. The second-order valence-corrected chi connectivity index (χ2v) is 5.02. The minimum atomic E-state index is -2.65. The highest BCUT2D eigenvalue weighted by Gasteiger charge is 2.26. The Balaban J connectivity index is 2.27. The first-order chi connectivity index (χ1) is 12.3. The van der Waals surface area contributed by atoms with E-state index in [1.807, 2.05) is 0 Å². The summed E-state index contributed by atoms with van der Waals surface area (Å²) >= 11 is 0. The Kier molecular flexibility index (Phi) is 6.27. The molecule has 9 heteroatoms. The number of carbonyl (C=O) groups excluding carboxylic acids is 1. The maximum atomic E-state index is 14.1. The van der Waals surface area contributed by atoms with E-state index in [-0.39, 0.29) is 17.4 Å². The van der Waals surface area contributed by atoms with Crippen molar-refractivity contribution < 1.29 is 41.0 Å². The smallest absolute Gasteiger partial charge is 0.267 e. The standard InChI is InChI=1S/C17H13F5O4/c1-24-17(25-2)15(23)8-4-3-5-9(6-8)26-16(22)10-7-11(18)13(20)14(21)12(10)19/h3-7,16-17H,1-2H3. The summed E-state index contributed by atoms with van der Waals surface area (Å²) in [7, 11) is 2.48. The Hall–Kier alpha value is -2.52. The molecule has 0 aliphatic carbocycles. The van der Waals surface area contributed by atoms with Gasteiger partial charge in [0, 0.05) is 19.8 Å². The van der Waals surface area contributed by atoms with E-state index in [0.29, 0.717) is 0 Å². The third-order valence-electron chi connectivity index (χ3n) is 3.38. The highest BCUT2D eigenvalue weighted by Crippen LogP contribution is 2.29. The van der Waals surface area contributed by atoms with Crippen molar-refractivity contribution in [2.45, 2.75) is 12.6 Å². The molecule has 0 fully saturated rings. The molecule has 1 unspecified atom stereocenters. The summed E-state index contributed by atoms with van der Waals surface area (Å²) in [6, 6.07) is 5.19. The second-order valence-electron chi connectivity index (χ2n) is 5.02. The van der Waals surface area contributed by atoms with Crippen molar-refractivity contribution in [3.05, 3.63) is 64.7 Å². The quantitative estimate of drug-likeness (QED) is 0.240. The predicted octanol–water partition coefficient (Wildman–Crippen LogP) is 4.09. The minimum Gasteiger partial charge on any atom is -0.456 e. The number of hydrogen-bond donors (Lipinski definition) is 0. The van der Waals surface area contributed by atoms with Crippen LogP contribution >= 0.6 is 0 Å². The average molecular weight is 376 g/mol. The zero-order valence-electron chi connectivity index (χ0n) is 13.6. The molecule has 0 N–H and O–H groups in total. The fraction of sp³-hybridized carbons (Fsp3) is 0.235. The number of Topliss-reactive ketones (excluding diaryl/α,β-unsaturated/α-hetero) is 1. The van der Waals surface area contributed by atoms with Crippen LogP contribution in [-0.4, -0.2) is 26.3 Å². The van der Waals surface area contributed by atoms with Gasteiger partial charge in [-0.05, 0) is 18.2 Å². The number of ketones is 1. The zero-order valence-corrected chi connectivity index (χ0v) is 13.6. The van der Waals surface area contributed by atoms with E-state index in [4.69, 9.17) is 14.2 Å². The molecule has 0 aliphatic heterocycles. The highest BCUT2D eigenvalue weighted by molar-refractivity contribution is 5.98. The molecule has 0 aliphatic rings. The first-order valence-corrected chi connectivity index (χ1v) is 7.13. The van der Waals surface area contributed by atoms with E-state index < -0.39 is 47.3 Å². The largest absolute Gasteiger partial charge is 0.456 e. The summed E-state index contributed by atoms with van der Waals surface area (Å²) in [6.07, 6.45) is -3.85. The summed E-state index contributed by atoms with van der Waals surface area (Å²) in [6.45, 7) is 0. The number of methoxy groups -OCH3 is 2. The van der Waals surface area contributed by atoms with Crippen LogP contribution < -0.4 is 4.74 Å². The lowest BCUT2D eigenvalue weighted by atomic mass is 10.1. The van der Waals surface area contributed by atoms with E-state index in [0.717, 1.165) is 6.07 Å². The summed E-state index contributed by atoms with van der Waals surface area (Å²) < 4.78 is 81.5. The topological polar surface area (TPSA) is 44.8 Å². The first kappa shape index (κ1) is 19.8. The van der Waals surface area contributed by atoms with Gasteiger partial charge in [-0.2, -0.15) is 4.39 Å². The van der Waals surface area contributed by atoms with Crippen LogP contribution in [0.15, 0.2) is 30.3 Å². The molecule has 2 rings (SSSR count). The molecule has 0 aromatic heterocycles. The van der Waals surface area contributed by atoms with Crippen molar-refractivity contribution >= 4 is 5.78 Å². The number of benzene rings is 2. The molecule has 0 spiro atoms.